The summed E-state index contributed by atoms with van der Waals surface area (Å²) in [4.78, 5) is 9.14. The van der Waals surface area contributed by atoms with Crippen molar-refractivity contribution in [2.24, 2.45) is 9.98 Å². The Labute approximate surface area is 266 Å². The van der Waals surface area contributed by atoms with E-state index in [2.05, 4.69) is 55.2 Å². The van der Waals surface area contributed by atoms with E-state index in [-0.39, 0.29) is 7.43 Å². The molecule has 2 aliphatic rings. The maximum absolute atomic E-state index is 6.53. The van der Waals surface area contributed by atoms with E-state index in [1.165, 1.54) is 12.8 Å². The summed E-state index contributed by atoms with van der Waals surface area (Å²) in [6.07, 6.45) is 2.50. The quantitative estimate of drug-likeness (QED) is 0.195. The molecule has 2 N–H and O–H groups in total. The van der Waals surface area contributed by atoms with Crippen molar-refractivity contribution in [1.29, 1.82) is 0 Å². The molecule has 6 nitrogen and oxygen atoms in total. The third-order valence-corrected chi connectivity index (χ3v) is 4.92. The van der Waals surface area contributed by atoms with Gasteiger partial charge in [0.2, 0.25) is 0 Å². The fourth-order valence-electron chi connectivity index (χ4n) is 2.74. The Morgan fingerprint density at radius 2 is 0.881 bits per heavy atom. The molecule has 0 spiro atoms. The lowest BCUT2D eigenvalue weighted by Crippen LogP contribution is -2.22. The van der Waals surface area contributed by atoms with Crippen molar-refractivity contribution in [3.05, 3.63) is 69.3 Å². The molecule has 0 atom stereocenters. The van der Waals surface area contributed by atoms with Gasteiger partial charge < -0.3 is 20.1 Å². The normalized spacial score (nSPS) is 9.76. The fraction of sp³-hybridized carbons (Fsp3) is 0.471. The number of para-hydroxylation sites is 4. The molecule has 3 aromatic rings. The highest BCUT2D eigenvalue weighted by atomic mass is 35.5. The van der Waals surface area contributed by atoms with Gasteiger partial charge in [0, 0.05) is 0 Å². The second-order valence-corrected chi connectivity index (χ2v) is 8.72. The second-order valence-electron chi connectivity index (χ2n) is 7.97. The van der Waals surface area contributed by atoms with Crippen molar-refractivity contribution >= 4 is 34.6 Å². The summed E-state index contributed by atoms with van der Waals surface area (Å²) in [5, 5.41) is 7.25. The van der Waals surface area contributed by atoms with Crippen LogP contribution in [0.1, 0.15) is 82.6 Å². The lowest BCUT2D eigenvalue weighted by Gasteiger charge is -2.20. The van der Waals surface area contributed by atoms with Gasteiger partial charge in [-0.3, -0.25) is 0 Å². The van der Waals surface area contributed by atoms with Crippen LogP contribution in [-0.4, -0.2) is 27.7 Å². The third-order valence-electron chi connectivity index (χ3n) is 4.22. The summed E-state index contributed by atoms with van der Waals surface area (Å²) in [5.74, 6) is 2.04. The molecule has 3 aromatic carbocycles. The average molecular weight is 624 g/mol. The Kier molecular flexibility index (Phi) is 28.4. The van der Waals surface area contributed by atoms with Gasteiger partial charge in [-0.1, -0.05) is 130 Å². The SMILES string of the molecule is C.CC.CC.CCC.CCC.CCNC.CNC.Clc1c2c(c(Cl)c3c1=Nc1ccccc1O3)=Nc1ccccc1O2. The van der Waals surface area contributed by atoms with Gasteiger partial charge in [-0.2, -0.15) is 0 Å². The number of nitrogens with one attached hydrogen (secondary N) is 2. The van der Waals surface area contributed by atoms with E-state index in [0.717, 1.165) is 6.54 Å². The van der Waals surface area contributed by atoms with Crippen LogP contribution in [0.2, 0.25) is 10.0 Å². The highest BCUT2D eigenvalue weighted by molar-refractivity contribution is 6.35. The second kappa shape index (κ2) is 27.2. The minimum Gasteiger partial charge on any atom is -0.451 e. The van der Waals surface area contributed by atoms with E-state index in [9.17, 15) is 0 Å². The van der Waals surface area contributed by atoms with E-state index in [1.54, 1.807) is 0 Å². The van der Waals surface area contributed by atoms with Crippen molar-refractivity contribution in [3.63, 3.8) is 0 Å². The molecular weight excluding hydrogens is 567 g/mol. The monoisotopic (exact) mass is 622 g/mol. The largest absolute Gasteiger partial charge is 0.451 e. The first-order valence-corrected chi connectivity index (χ1v) is 15.4. The molecule has 0 radical (unpaired) electrons. The standard InChI is InChI=1S/C18H8Cl2N2O2.C3H9N.2C3H8.C2H7N.2C2H6.CH4/c19-13-15-17(23-11-7-3-1-5-9(11)21-15)14(20)16-18(13)24-12-8-4-2-6-10(12)22-16;1-3-4-2;3*1-3-2;2*1-2;/h1-8H;4H,3H2,1-2H3;2*3H2,1-2H3;3H,1-2H3;2*1-2H3;1H4. The highest BCUT2D eigenvalue weighted by Gasteiger charge is 2.26. The lowest BCUT2D eigenvalue weighted by molar-refractivity contribution is 0.451. The summed E-state index contributed by atoms with van der Waals surface area (Å²) in [6.45, 7) is 19.6. The Morgan fingerprint density at radius 1 is 0.619 bits per heavy atom. The van der Waals surface area contributed by atoms with Crippen molar-refractivity contribution in [2.45, 2.75) is 82.6 Å². The summed E-state index contributed by atoms with van der Waals surface area (Å²) in [6, 6.07) is 14.9. The zero-order valence-electron chi connectivity index (χ0n) is 27.2. The van der Waals surface area contributed by atoms with Crippen molar-refractivity contribution in [1.82, 2.24) is 10.6 Å². The van der Waals surface area contributed by atoms with Gasteiger partial charge in [0.05, 0.1) is 0 Å². The first-order valence-electron chi connectivity index (χ1n) is 14.6. The molecule has 0 aliphatic carbocycles. The predicted molar refractivity (Wildman–Crippen MR) is 187 cm³/mol. The molecule has 5 rings (SSSR count). The zero-order valence-corrected chi connectivity index (χ0v) is 28.7. The summed E-state index contributed by atoms with van der Waals surface area (Å²) in [5.41, 5.74) is 1.38. The first-order chi connectivity index (χ1) is 19.9. The molecule has 2 aliphatic heterocycles. The molecule has 0 unspecified atom stereocenters. The summed E-state index contributed by atoms with van der Waals surface area (Å²) in [7, 11) is 5.68. The molecule has 0 saturated heterocycles. The van der Waals surface area contributed by atoms with Gasteiger partial charge in [0.25, 0.3) is 0 Å². The molecule has 8 heteroatoms. The van der Waals surface area contributed by atoms with Gasteiger partial charge in [0.15, 0.2) is 23.0 Å². The van der Waals surface area contributed by atoms with E-state index >= 15 is 0 Å². The number of rotatable bonds is 1. The van der Waals surface area contributed by atoms with Crippen LogP contribution in [0.4, 0.5) is 11.4 Å². The van der Waals surface area contributed by atoms with Gasteiger partial charge in [-0.15, -0.1) is 0 Å². The van der Waals surface area contributed by atoms with Crippen LogP contribution >= 0.6 is 23.2 Å². The molecule has 0 amide bonds. The van der Waals surface area contributed by atoms with E-state index in [1.807, 2.05) is 97.4 Å². The Balaban J connectivity index is -0.000000717. The van der Waals surface area contributed by atoms with Crippen LogP contribution in [-0.2, 0) is 0 Å². The van der Waals surface area contributed by atoms with Crippen LogP contribution in [0.3, 0.4) is 0 Å². The molecule has 0 bridgehead atoms. The van der Waals surface area contributed by atoms with Crippen molar-refractivity contribution in [2.75, 3.05) is 27.7 Å². The van der Waals surface area contributed by atoms with E-state index < -0.39 is 0 Å². The predicted octanol–water partition coefficient (Wildman–Crippen LogP) is 10.7. The Hall–Kier alpha value is -2.64. The van der Waals surface area contributed by atoms with E-state index in [0.29, 0.717) is 55.1 Å². The van der Waals surface area contributed by atoms with Crippen molar-refractivity contribution in [3.8, 4) is 23.0 Å². The number of ether oxygens (including phenoxy) is 2. The average Bonchev–Trinajstić information content (AvgIpc) is 3.02. The minimum absolute atomic E-state index is 0. The Morgan fingerprint density at radius 3 is 1.14 bits per heavy atom. The topological polar surface area (TPSA) is 67.2 Å². The third kappa shape index (κ3) is 13.6. The molecule has 42 heavy (non-hydrogen) atoms. The van der Waals surface area contributed by atoms with Crippen LogP contribution in [0.15, 0.2) is 58.5 Å². The molecule has 0 saturated carbocycles. The van der Waals surface area contributed by atoms with Gasteiger partial charge in [0.1, 0.15) is 32.1 Å². The Bertz CT molecular complexity index is 1140. The zero-order chi connectivity index (χ0) is 31.8. The molecule has 2 heterocycles. The molecular formula is C34H56Cl2N4O2. The van der Waals surface area contributed by atoms with Crippen LogP contribution in [0.5, 0.6) is 23.0 Å². The lowest BCUT2D eigenvalue weighted by atomic mass is 10.2. The maximum atomic E-state index is 6.53. The number of hydrogen-bond acceptors (Lipinski definition) is 6. The smallest absolute Gasteiger partial charge is 0.175 e. The number of benzene rings is 3. The number of hydrogen-bond donors (Lipinski definition) is 2. The summed E-state index contributed by atoms with van der Waals surface area (Å²) < 4.78 is 11.8. The van der Waals surface area contributed by atoms with Crippen molar-refractivity contribution < 1.29 is 9.47 Å². The number of halogens is 2. The van der Waals surface area contributed by atoms with E-state index in [4.69, 9.17) is 32.7 Å². The van der Waals surface area contributed by atoms with Crippen LogP contribution in [0.25, 0.3) is 0 Å². The number of nitrogens with zero attached hydrogens (tertiary/aromatic N) is 2. The molecule has 0 fully saturated rings. The van der Waals surface area contributed by atoms with Gasteiger partial charge in [-0.25, -0.2) is 9.98 Å². The maximum Gasteiger partial charge on any atom is 0.175 e. The fourth-order valence-corrected chi connectivity index (χ4v) is 3.25. The molecule has 238 valence electrons. The van der Waals surface area contributed by atoms with Crippen LogP contribution in [0, 0.1) is 0 Å². The summed E-state index contributed by atoms with van der Waals surface area (Å²) >= 11 is 13.1. The first kappa shape index (κ1) is 43.8. The van der Waals surface area contributed by atoms with Gasteiger partial charge in [-0.05, 0) is 52.0 Å². The number of fused-ring (bicyclic) bond motifs is 4. The van der Waals surface area contributed by atoms with Gasteiger partial charge >= 0.3 is 0 Å². The molecule has 0 aromatic heterocycles. The highest BCUT2D eigenvalue weighted by Crippen LogP contribution is 2.42. The minimum atomic E-state index is 0. The van der Waals surface area contributed by atoms with Crippen LogP contribution < -0.4 is 30.8 Å².